The number of aromatic nitrogens is 2. The number of halogens is 1. The van der Waals surface area contributed by atoms with Gasteiger partial charge in [-0.15, -0.1) is 12.4 Å². The van der Waals surface area contributed by atoms with E-state index in [1.165, 1.54) is 17.5 Å². The maximum atomic E-state index is 12.9. The van der Waals surface area contributed by atoms with E-state index in [-0.39, 0.29) is 24.1 Å². The molecule has 2 heterocycles. The number of fused-ring (bicyclic) bond motifs is 1. The topological polar surface area (TPSA) is 71.7 Å². The standard InChI is InChI=1S/C18H22N4O3S.ClH/c1-12-6-7-13(24-4)15-16(12)26-18(20-15)22(11-5-10-21(2)3)17(23)14-8-9-19-25-14;/h6-9H,5,10-11H2,1-4H3;1H. The zero-order valence-corrected chi connectivity index (χ0v) is 17.4. The smallest absolute Gasteiger partial charge is 0.298 e. The van der Waals surface area contributed by atoms with Crippen LogP contribution in [0.1, 0.15) is 22.5 Å². The van der Waals surface area contributed by atoms with Crippen LogP contribution in [-0.2, 0) is 0 Å². The molecule has 7 nitrogen and oxygen atoms in total. The molecule has 1 aromatic carbocycles. The van der Waals surface area contributed by atoms with Gasteiger partial charge in [0.25, 0.3) is 5.91 Å². The lowest BCUT2D eigenvalue weighted by molar-refractivity contribution is 0.0950. The van der Waals surface area contributed by atoms with Gasteiger partial charge in [0.15, 0.2) is 5.13 Å². The molecular weight excluding hydrogens is 388 g/mol. The summed E-state index contributed by atoms with van der Waals surface area (Å²) in [5.41, 5.74) is 1.88. The van der Waals surface area contributed by atoms with Crippen LogP contribution < -0.4 is 9.64 Å². The van der Waals surface area contributed by atoms with Crippen molar-refractivity contribution in [1.82, 2.24) is 15.0 Å². The van der Waals surface area contributed by atoms with Crippen molar-refractivity contribution in [3.05, 3.63) is 35.7 Å². The lowest BCUT2D eigenvalue weighted by atomic mass is 10.2. The number of carbonyl (C=O) groups excluding carboxylic acids is 1. The van der Waals surface area contributed by atoms with Crippen LogP contribution in [0.4, 0.5) is 5.13 Å². The molecule has 0 spiro atoms. The summed E-state index contributed by atoms with van der Waals surface area (Å²) >= 11 is 1.48. The van der Waals surface area contributed by atoms with E-state index >= 15 is 0 Å². The summed E-state index contributed by atoms with van der Waals surface area (Å²) in [5, 5.41) is 4.28. The summed E-state index contributed by atoms with van der Waals surface area (Å²) in [4.78, 5) is 21.4. The minimum Gasteiger partial charge on any atom is -0.494 e. The van der Waals surface area contributed by atoms with E-state index in [1.807, 2.05) is 33.2 Å². The van der Waals surface area contributed by atoms with Gasteiger partial charge < -0.3 is 14.2 Å². The monoisotopic (exact) mass is 410 g/mol. The first-order valence-electron chi connectivity index (χ1n) is 8.32. The Morgan fingerprint density at radius 3 is 2.67 bits per heavy atom. The van der Waals surface area contributed by atoms with Crippen LogP contribution in [0.25, 0.3) is 10.2 Å². The fourth-order valence-electron chi connectivity index (χ4n) is 2.67. The summed E-state index contributed by atoms with van der Waals surface area (Å²) in [6.45, 7) is 3.44. The lowest BCUT2D eigenvalue weighted by Gasteiger charge is -2.19. The van der Waals surface area contributed by atoms with E-state index in [1.54, 1.807) is 18.1 Å². The molecular formula is C18H23ClN4O3S. The second kappa shape index (κ2) is 9.16. The number of nitrogens with zero attached hydrogens (tertiary/aromatic N) is 4. The van der Waals surface area contributed by atoms with Crippen molar-refractivity contribution in [2.75, 3.05) is 39.2 Å². The van der Waals surface area contributed by atoms with E-state index in [0.717, 1.165) is 28.7 Å². The van der Waals surface area contributed by atoms with Crippen molar-refractivity contribution in [2.45, 2.75) is 13.3 Å². The third kappa shape index (κ3) is 4.58. The molecule has 0 aliphatic rings. The Bertz CT molecular complexity index is 896. The molecule has 27 heavy (non-hydrogen) atoms. The summed E-state index contributed by atoms with van der Waals surface area (Å²) < 4.78 is 11.5. The van der Waals surface area contributed by atoms with Gasteiger partial charge in [-0.2, -0.15) is 0 Å². The number of hydrogen-bond donors (Lipinski definition) is 0. The molecule has 3 aromatic rings. The van der Waals surface area contributed by atoms with Crippen molar-refractivity contribution in [3.8, 4) is 5.75 Å². The van der Waals surface area contributed by atoms with Gasteiger partial charge in [-0.05, 0) is 45.6 Å². The van der Waals surface area contributed by atoms with E-state index in [9.17, 15) is 4.79 Å². The Hall–Kier alpha value is -2.16. The number of anilines is 1. The van der Waals surface area contributed by atoms with Gasteiger partial charge in [0, 0.05) is 12.6 Å². The Morgan fingerprint density at radius 1 is 1.26 bits per heavy atom. The average Bonchev–Trinajstić information content (AvgIpc) is 3.28. The van der Waals surface area contributed by atoms with Crippen LogP contribution in [0.2, 0.25) is 0 Å². The van der Waals surface area contributed by atoms with Crippen LogP contribution >= 0.6 is 23.7 Å². The average molecular weight is 411 g/mol. The molecule has 3 rings (SSSR count). The number of aryl methyl sites for hydroxylation is 1. The number of thiazole rings is 1. The van der Waals surface area contributed by atoms with E-state index < -0.39 is 0 Å². The van der Waals surface area contributed by atoms with Crippen molar-refractivity contribution in [3.63, 3.8) is 0 Å². The van der Waals surface area contributed by atoms with Gasteiger partial charge in [-0.3, -0.25) is 9.69 Å². The lowest BCUT2D eigenvalue weighted by Crippen LogP contribution is -2.33. The third-order valence-corrected chi connectivity index (χ3v) is 5.24. The van der Waals surface area contributed by atoms with E-state index in [0.29, 0.717) is 17.4 Å². The Morgan fingerprint density at radius 2 is 2.04 bits per heavy atom. The van der Waals surface area contributed by atoms with Crippen molar-refractivity contribution in [1.29, 1.82) is 0 Å². The predicted octanol–water partition coefficient (Wildman–Crippen LogP) is 3.62. The van der Waals surface area contributed by atoms with Crippen LogP contribution in [0, 0.1) is 6.92 Å². The first kappa shape index (κ1) is 21.1. The maximum Gasteiger partial charge on any atom is 0.298 e. The quantitative estimate of drug-likeness (QED) is 0.592. The summed E-state index contributed by atoms with van der Waals surface area (Å²) in [7, 11) is 5.64. The molecule has 0 unspecified atom stereocenters. The summed E-state index contributed by atoms with van der Waals surface area (Å²) in [5.74, 6) is 0.670. The van der Waals surface area contributed by atoms with Gasteiger partial charge in [0.1, 0.15) is 11.3 Å². The molecule has 0 aliphatic heterocycles. The molecule has 2 aromatic heterocycles. The number of methoxy groups -OCH3 is 1. The fraction of sp³-hybridized carbons (Fsp3) is 0.389. The molecule has 0 aliphatic carbocycles. The van der Waals surface area contributed by atoms with Crippen LogP contribution in [0.5, 0.6) is 5.75 Å². The normalized spacial score (nSPS) is 10.9. The molecule has 0 N–H and O–H groups in total. The Labute approximate surface area is 168 Å². The molecule has 0 fully saturated rings. The molecule has 0 radical (unpaired) electrons. The summed E-state index contributed by atoms with van der Waals surface area (Å²) in [6.07, 6.45) is 2.29. The minimum atomic E-state index is -0.239. The van der Waals surface area contributed by atoms with Gasteiger partial charge in [0.2, 0.25) is 5.76 Å². The van der Waals surface area contributed by atoms with Gasteiger partial charge in [-0.1, -0.05) is 22.6 Å². The minimum absolute atomic E-state index is 0. The number of amides is 1. The van der Waals surface area contributed by atoms with Gasteiger partial charge in [0.05, 0.1) is 18.0 Å². The zero-order valence-electron chi connectivity index (χ0n) is 15.8. The summed E-state index contributed by atoms with van der Waals surface area (Å²) in [6, 6.07) is 5.47. The Kier molecular flexibility index (Phi) is 7.18. The molecule has 0 atom stereocenters. The van der Waals surface area contributed by atoms with Gasteiger partial charge >= 0.3 is 0 Å². The SMILES string of the molecule is COc1ccc(C)c2sc(N(CCCN(C)C)C(=O)c3ccno3)nc12.Cl. The van der Waals surface area contributed by atoms with E-state index in [4.69, 9.17) is 14.2 Å². The third-order valence-electron chi connectivity index (χ3n) is 4.02. The second-order valence-corrected chi connectivity index (χ2v) is 7.23. The van der Waals surface area contributed by atoms with Crippen LogP contribution in [0.3, 0.4) is 0 Å². The number of carbonyl (C=O) groups is 1. The fourth-order valence-corrected chi connectivity index (χ4v) is 3.74. The maximum absolute atomic E-state index is 12.9. The number of benzene rings is 1. The highest BCUT2D eigenvalue weighted by Gasteiger charge is 2.24. The molecule has 0 bridgehead atoms. The zero-order chi connectivity index (χ0) is 18.7. The number of rotatable bonds is 7. The number of hydrogen-bond acceptors (Lipinski definition) is 7. The van der Waals surface area contributed by atoms with E-state index in [2.05, 4.69) is 10.1 Å². The highest BCUT2D eigenvalue weighted by Crippen LogP contribution is 2.36. The van der Waals surface area contributed by atoms with Crippen LogP contribution in [-0.4, -0.2) is 55.2 Å². The van der Waals surface area contributed by atoms with Crippen molar-refractivity contribution in [2.24, 2.45) is 0 Å². The largest absolute Gasteiger partial charge is 0.494 e. The molecule has 1 amide bonds. The van der Waals surface area contributed by atoms with Crippen molar-refractivity contribution < 1.29 is 14.1 Å². The Balaban J connectivity index is 0.00000261. The van der Waals surface area contributed by atoms with Crippen LogP contribution in [0.15, 0.2) is 28.9 Å². The predicted molar refractivity (Wildman–Crippen MR) is 110 cm³/mol. The molecule has 9 heteroatoms. The molecule has 146 valence electrons. The first-order chi connectivity index (χ1) is 12.5. The molecule has 0 saturated heterocycles. The second-order valence-electron chi connectivity index (χ2n) is 6.25. The van der Waals surface area contributed by atoms with Gasteiger partial charge in [-0.25, -0.2) is 4.98 Å². The molecule has 0 saturated carbocycles. The highest BCUT2D eigenvalue weighted by molar-refractivity contribution is 7.22. The number of ether oxygens (including phenoxy) is 1. The highest BCUT2D eigenvalue weighted by atomic mass is 35.5. The van der Waals surface area contributed by atoms with Crippen molar-refractivity contribution >= 4 is 45.0 Å². The first-order valence-corrected chi connectivity index (χ1v) is 9.14.